The zero-order valence-electron chi connectivity index (χ0n) is 23.1. The summed E-state index contributed by atoms with van der Waals surface area (Å²) in [5, 5.41) is 3.99. The van der Waals surface area contributed by atoms with E-state index in [0.29, 0.717) is 46.9 Å². The number of Topliss-reactive ketones (excluding diaryl/α,β-unsaturated/α-hetero) is 1. The number of nitrogens with two attached hydrogens (primary N) is 1. The van der Waals surface area contributed by atoms with Crippen LogP contribution in [-0.4, -0.2) is 59.9 Å². The number of hydrogen-bond donors (Lipinski definition) is 2. The molecule has 0 radical (unpaired) electrons. The molecule has 0 saturated carbocycles. The van der Waals surface area contributed by atoms with E-state index in [4.69, 9.17) is 15.2 Å². The van der Waals surface area contributed by atoms with Crippen LogP contribution in [-0.2, 0) is 13.0 Å². The van der Waals surface area contributed by atoms with Gasteiger partial charge in [-0.15, -0.1) is 0 Å². The predicted octanol–water partition coefficient (Wildman–Crippen LogP) is 4.50. The Bertz CT molecular complexity index is 1470. The lowest BCUT2D eigenvalue weighted by Crippen LogP contribution is -2.28. The molecule has 9 nitrogen and oxygen atoms in total. The molecule has 0 aliphatic rings. The second kappa shape index (κ2) is 13.5. The molecule has 0 unspecified atom stereocenters. The number of nitrogens with zero attached hydrogens (tertiary/aromatic N) is 3. The van der Waals surface area contributed by atoms with Gasteiger partial charge in [-0.2, -0.15) is 0 Å². The largest absolute Gasteiger partial charge is 0.497 e. The van der Waals surface area contributed by atoms with Crippen LogP contribution in [0.2, 0.25) is 0 Å². The van der Waals surface area contributed by atoms with Gasteiger partial charge in [0.2, 0.25) is 0 Å². The summed E-state index contributed by atoms with van der Waals surface area (Å²) >= 11 is 0. The van der Waals surface area contributed by atoms with Crippen LogP contribution in [0, 0.1) is 0 Å². The molecule has 0 fully saturated rings. The standard InChI is InChI=1S/C31H35N5O4/c1-4-36(5-2)13-14-40-25-17-26(30(32)38)29-27(18-25)31(35-20-34-29)33-19-22-8-6-7-21(15-22)16-28(37)23-9-11-24(39-3)12-10-23/h6-12,15,17-18,20H,4-5,13-14,16,19H2,1-3H3,(H2,32,38)(H,33,34,35). The number of anilines is 1. The number of carbonyl (C=O) groups excluding carboxylic acids is 2. The van der Waals surface area contributed by atoms with Crippen LogP contribution in [0.25, 0.3) is 10.9 Å². The van der Waals surface area contributed by atoms with Crippen molar-refractivity contribution in [3.8, 4) is 11.5 Å². The molecule has 0 aliphatic carbocycles. The molecule has 4 rings (SSSR count). The van der Waals surface area contributed by atoms with Gasteiger partial charge in [-0.3, -0.25) is 9.59 Å². The summed E-state index contributed by atoms with van der Waals surface area (Å²) in [4.78, 5) is 36.0. The summed E-state index contributed by atoms with van der Waals surface area (Å²) in [5.41, 5.74) is 8.94. The Morgan fingerprint density at radius 1 is 0.950 bits per heavy atom. The maximum absolute atomic E-state index is 12.8. The Kier molecular flexibility index (Phi) is 9.64. The topological polar surface area (TPSA) is 120 Å². The van der Waals surface area contributed by atoms with Gasteiger partial charge >= 0.3 is 0 Å². The summed E-state index contributed by atoms with van der Waals surface area (Å²) < 4.78 is 11.2. The lowest BCUT2D eigenvalue weighted by atomic mass is 10.0. The van der Waals surface area contributed by atoms with Gasteiger partial charge in [-0.25, -0.2) is 9.97 Å². The molecule has 0 spiro atoms. The fourth-order valence-electron chi connectivity index (χ4n) is 4.49. The Morgan fingerprint density at radius 2 is 1.70 bits per heavy atom. The molecule has 0 atom stereocenters. The van der Waals surface area contributed by atoms with E-state index in [9.17, 15) is 9.59 Å². The number of nitrogens with one attached hydrogen (secondary N) is 1. The molecule has 0 bridgehead atoms. The number of primary amides is 1. The average Bonchev–Trinajstić information content (AvgIpc) is 2.98. The quantitative estimate of drug-likeness (QED) is 0.224. The molecule has 9 heteroatoms. The molecular formula is C31H35N5O4. The van der Waals surface area contributed by atoms with Gasteiger partial charge in [-0.1, -0.05) is 38.1 Å². The third-order valence-electron chi connectivity index (χ3n) is 6.78. The molecule has 40 heavy (non-hydrogen) atoms. The van der Waals surface area contributed by atoms with Crippen molar-refractivity contribution in [1.82, 2.24) is 14.9 Å². The van der Waals surface area contributed by atoms with E-state index >= 15 is 0 Å². The van der Waals surface area contributed by atoms with Crippen LogP contribution in [0.1, 0.15) is 45.7 Å². The molecule has 208 valence electrons. The molecule has 0 saturated heterocycles. The fourth-order valence-corrected chi connectivity index (χ4v) is 4.49. The second-order valence-electron chi connectivity index (χ2n) is 9.33. The number of ketones is 1. The first-order chi connectivity index (χ1) is 19.4. The number of aromatic nitrogens is 2. The minimum absolute atomic E-state index is 0.0297. The number of ether oxygens (including phenoxy) is 2. The second-order valence-corrected chi connectivity index (χ2v) is 9.33. The first kappa shape index (κ1) is 28.5. The number of fused-ring (bicyclic) bond motifs is 1. The Labute approximate surface area is 234 Å². The smallest absolute Gasteiger partial charge is 0.251 e. The molecule has 3 N–H and O–H groups in total. The highest BCUT2D eigenvalue weighted by molar-refractivity contribution is 6.07. The van der Waals surface area contributed by atoms with Crippen molar-refractivity contribution in [3.05, 3.63) is 89.2 Å². The van der Waals surface area contributed by atoms with E-state index in [-0.39, 0.29) is 17.8 Å². The van der Waals surface area contributed by atoms with E-state index in [1.165, 1.54) is 6.33 Å². The molecule has 4 aromatic rings. The number of rotatable bonds is 14. The molecule has 0 aliphatic heterocycles. The molecule has 1 amide bonds. The zero-order chi connectivity index (χ0) is 28.5. The van der Waals surface area contributed by atoms with Gasteiger partial charge in [0, 0.05) is 30.5 Å². The van der Waals surface area contributed by atoms with Crippen molar-refractivity contribution in [1.29, 1.82) is 0 Å². The first-order valence-electron chi connectivity index (χ1n) is 13.3. The molecule has 1 heterocycles. The monoisotopic (exact) mass is 541 g/mol. The van der Waals surface area contributed by atoms with Crippen molar-refractivity contribution in [3.63, 3.8) is 0 Å². The van der Waals surface area contributed by atoms with Crippen molar-refractivity contribution in [2.45, 2.75) is 26.8 Å². The van der Waals surface area contributed by atoms with Crippen LogP contribution in [0.3, 0.4) is 0 Å². The Hall–Kier alpha value is -4.50. The number of likely N-dealkylation sites (N-methyl/N-ethyl adjacent to an activating group) is 1. The van der Waals surface area contributed by atoms with E-state index in [1.807, 2.05) is 30.3 Å². The summed E-state index contributed by atoms with van der Waals surface area (Å²) in [6.07, 6.45) is 1.69. The van der Waals surface area contributed by atoms with Gasteiger partial charge < -0.3 is 25.4 Å². The number of benzene rings is 3. The highest BCUT2D eigenvalue weighted by Crippen LogP contribution is 2.28. The van der Waals surface area contributed by atoms with Crippen LogP contribution in [0.15, 0.2) is 67.0 Å². The van der Waals surface area contributed by atoms with Crippen molar-refractivity contribution < 1.29 is 19.1 Å². The van der Waals surface area contributed by atoms with Gasteiger partial charge in [0.25, 0.3) is 5.91 Å². The van der Waals surface area contributed by atoms with Gasteiger partial charge in [0.15, 0.2) is 5.78 Å². The average molecular weight is 542 g/mol. The van der Waals surface area contributed by atoms with Crippen LogP contribution < -0.4 is 20.5 Å². The Balaban J connectivity index is 1.50. The molecular weight excluding hydrogens is 506 g/mol. The highest BCUT2D eigenvalue weighted by Gasteiger charge is 2.15. The van der Waals surface area contributed by atoms with E-state index in [2.05, 4.69) is 34.0 Å². The van der Waals surface area contributed by atoms with Crippen molar-refractivity contribution in [2.75, 3.05) is 38.7 Å². The number of amides is 1. The summed E-state index contributed by atoms with van der Waals surface area (Å²) in [7, 11) is 1.60. The zero-order valence-corrected chi connectivity index (χ0v) is 23.1. The van der Waals surface area contributed by atoms with Crippen LogP contribution >= 0.6 is 0 Å². The van der Waals surface area contributed by atoms with E-state index in [0.717, 1.165) is 30.8 Å². The first-order valence-corrected chi connectivity index (χ1v) is 13.3. The predicted molar refractivity (Wildman–Crippen MR) is 156 cm³/mol. The third-order valence-corrected chi connectivity index (χ3v) is 6.78. The highest BCUT2D eigenvalue weighted by atomic mass is 16.5. The van der Waals surface area contributed by atoms with E-state index < -0.39 is 5.91 Å². The van der Waals surface area contributed by atoms with Crippen molar-refractivity contribution in [2.24, 2.45) is 5.73 Å². The SMILES string of the molecule is CCN(CC)CCOc1cc(C(N)=O)c2ncnc(NCc3cccc(CC(=O)c4ccc(OC)cc4)c3)c2c1. The van der Waals surface area contributed by atoms with Gasteiger partial charge in [-0.05, 0) is 60.6 Å². The third kappa shape index (κ3) is 7.12. The number of carbonyl (C=O) groups is 2. The minimum Gasteiger partial charge on any atom is -0.497 e. The summed E-state index contributed by atoms with van der Waals surface area (Å²) in [6.45, 7) is 7.78. The Morgan fingerprint density at radius 3 is 2.40 bits per heavy atom. The molecule has 1 aromatic heterocycles. The van der Waals surface area contributed by atoms with Crippen LogP contribution in [0.5, 0.6) is 11.5 Å². The van der Waals surface area contributed by atoms with Gasteiger partial charge in [0.05, 0.1) is 18.2 Å². The van der Waals surface area contributed by atoms with E-state index in [1.54, 1.807) is 37.4 Å². The summed E-state index contributed by atoms with van der Waals surface area (Å²) in [6, 6.07) is 18.4. The lowest BCUT2D eigenvalue weighted by Gasteiger charge is -2.18. The molecule has 3 aromatic carbocycles. The van der Waals surface area contributed by atoms with Gasteiger partial charge in [0.1, 0.15) is 30.3 Å². The maximum Gasteiger partial charge on any atom is 0.251 e. The minimum atomic E-state index is -0.585. The number of methoxy groups -OCH3 is 1. The lowest BCUT2D eigenvalue weighted by molar-refractivity contribution is 0.0987. The van der Waals surface area contributed by atoms with Crippen molar-refractivity contribution >= 4 is 28.4 Å². The number of hydrogen-bond acceptors (Lipinski definition) is 8. The summed E-state index contributed by atoms with van der Waals surface area (Å²) in [5.74, 6) is 1.25. The fraction of sp³-hybridized carbons (Fsp3) is 0.290. The maximum atomic E-state index is 12.8. The van der Waals surface area contributed by atoms with Crippen LogP contribution in [0.4, 0.5) is 5.82 Å². The normalized spacial score (nSPS) is 11.0.